The van der Waals surface area contributed by atoms with Crippen molar-refractivity contribution in [2.75, 3.05) is 6.54 Å². The Morgan fingerprint density at radius 2 is 2.17 bits per heavy atom. The fourth-order valence-electron chi connectivity index (χ4n) is 2.45. The molecule has 0 bridgehead atoms. The van der Waals surface area contributed by atoms with Gasteiger partial charge in [0.2, 0.25) is 0 Å². The molecule has 2 rings (SSSR count). The van der Waals surface area contributed by atoms with E-state index in [1.54, 1.807) is 10.8 Å². The van der Waals surface area contributed by atoms with E-state index in [2.05, 4.69) is 10.3 Å². The standard InChI is InChI=1S/C13H20ClN3O/c14-11-9-16-13(18)17(10-11)8-4-7-15-12-5-2-1-3-6-12/h9-10,12,15H,1-8H2. The summed E-state index contributed by atoms with van der Waals surface area (Å²) < 4.78 is 1.57. The molecule has 0 aromatic carbocycles. The lowest BCUT2D eigenvalue weighted by Gasteiger charge is -2.22. The van der Waals surface area contributed by atoms with Gasteiger partial charge in [0.1, 0.15) is 0 Å². The van der Waals surface area contributed by atoms with Crippen molar-refractivity contribution < 1.29 is 0 Å². The molecule has 1 aromatic rings. The molecule has 1 fully saturated rings. The lowest BCUT2D eigenvalue weighted by molar-refractivity contribution is 0.368. The molecule has 0 amide bonds. The summed E-state index contributed by atoms with van der Waals surface area (Å²) >= 11 is 5.81. The van der Waals surface area contributed by atoms with Gasteiger partial charge in [0.15, 0.2) is 0 Å². The van der Waals surface area contributed by atoms with Crippen molar-refractivity contribution in [3.63, 3.8) is 0 Å². The largest absolute Gasteiger partial charge is 0.347 e. The maximum Gasteiger partial charge on any atom is 0.347 e. The van der Waals surface area contributed by atoms with Gasteiger partial charge in [-0.25, -0.2) is 9.78 Å². The van der Waals surface area contributed by atoms with Crippen molar-refractivity contribution >= 4 is 11.6 Å². The molecule has 1 aliphatic rings. The van der Waals surface area contributed by atoms with Crippen molar-refractivity contribution in [2.45, 2.75) is 51.1 Å². The summed E-state index contributed by atoms with van der Waals surface area (Å²) in [6, 6.07) is 0.674. The van der Waals surface area contributed by atoms with E-state index in [0.29, 0.717) is 17.6 Å². The van der Waals surface area contributed by atoms with Crippen LogP contribution in [0.15, 0.2) is 17.2 Å². The Hall–Kier alpha value is -0.870. The molecule has 0 saturated heterocycles. The maximum absolute atomic E-state index is 11.4. The second-order valence-electron chi connectivity index (χ2n) is 4.89. The van der Waals surface area contributed by atoms with Crippen LogP contribution in [0.2, 0.25) is 5.02 Å². The van der Waals surface area contributed by atoms with Gasteiger partial charge in [-0.15, -0.1) is 0 Å². The van der Waals surface area contributed by atoms with E-state index >= 15 is 0 Å². The monoisotopic (exact) mass is 269 g/mol. The first-order valence-electron chi connectivity index (χ1n) is 6.71. The molecule has 1 heterocycles. The van der Waals surface area contributed by atoms with E-state index in [4.69, 9.17) is 11.6 Å². The first-order valence-corrected chi connectivity index (χ1v) is 7.09. The van der Waals surface area contributed by atoms with Crippen molar-refractivity contribution in [3.8, 4) is 0 Å². The van der Waals surface area contributed by atoms with Crippen molar-refractivity contribution in [1.29, 1.82) is 0 Å². The zero-order valence-corrected chi connectivity index (χ0v) is 11.3. The summed E-state index contributed by atoms with van der Waals surface area (Å²) in [5, 5.41) is 4.07. The summed E-state index contributed by atoms with van der Waals surface area (Å²) in [5.41, 5.74) is -0.225. The fourth-order valence-corrected chi connectivity index (χ4v) is 2.62. The van der Waals surface area contributed by atoms with Gasteiger partial charge in [0, 0.05) is 18.8 Å². The van der Waals surface area contributed by atoms with Crippen molar-refractivity contribution in [3.05, 3.63) is 27.9 Å². The zero-order chi connectivity index (χ0) is 12.8. The topological polar surface area (TPSA) is 46.9 Å². The Bertz CT molecular complexity index is 426. The van der Waals surface area contributed by atoms with Crippen LogP contribution in [0.1, 0.15) is 38.5 Å². The molecule has 0 spiro atoms. The molecule has 5 heteroatoms. The summed E-state index contributed by atoms with van der Waals surface area (Å²) in [4.78, 5) is 15.1. The van der Waals surface area contributed by atoms with Gasteiger partial charge in [-0.2, -0.15) is 0 Å². The number of nitrogens with zero attached hydrogens (tertiary/aromatic N) is 2. The number of halogens is 1. The third-order valence-corrected chi connectivity index (χ3v) is 3.63. The second kappa shape index (κ2) is 6.90. The first-order chi connectivity index (χ1) is 8.75. The van der Waals surface area contributed by atoms with Crippen LogP contribution in [-0.4, -0.2) is 22.1 Å². The van der Waals surface area contributed by atoms with Crippen LogP contribution in [0.25, 0.3) is 0 Å². The highest BCUT2D eigenvalue weighted by atomic mass is 35.5. The summed E-state index contributed by atoms with van der Waals surface area (Å²) in [6.45, 7) is 1.62. The van der Waals surface area contributed by atoms with E-state index in [1.165, 1.54) is 38.3 Å². The van der Waals surface area contributed by atoms with Gasteiger partial charge < -0.3 is 5.32 Å². The number of rotatable bonds is 5. The Balaban J connectivity index is 1.71. The number of hydrogen-bond donors (Lipinski definition) is 1. The number of nitrogens with one attached hydrogen (secondary N) is 1. The van der Waals surface area contributed by atoms with E-state index in [9.17, 15) is 4.79 Å². The lowest BCUT2D eigenvalue weighted by atomic mass is 9.95. The van der Waals surface area contributed by atoms with E-state index in [0.717, 1.165) is 13.0 Å². The molecule has 4 nitrogen and oxygen atoms in total. The Morgan fingerprint density at radius 1 is 1.39 bits per heavy atom. The van der Waals surface area contributed by atoms with Crippen molar-refractivity contribution in [1.82, 2.24) is 14.9 Å². The molecule has 18 heavy (non-hydrogen) atoms. The SMILES string of the molecule is O=c1ncc(Cl)cn1CCCNC1CCCCC1. The second-order valence-corrected chi connectivity index (χ2v) is 5.33. The molecule has 1 aromatic heterocycles. The molecule has 1 saturated carbocycles. The minimum absolute atomic E-state index is 0.225. The molecule has 0 unspecified atom stereocenters. The van der Waals surface area contributed by atoms with E-state index in [1.807, 2.05) is 0 Å². The average molecular weight is 270 g/mol. The summed E-state index contributed by atoms with van der Waals surface area (Å²) in [6.07, 6.45) is 10.6. The number of aromatic nitrogens is 2. The van der Waals surface area contributed by atoms with Gasteiger partial charge in [-0.05, 0) is 25.8 Å². The summed E-state index contributed by atoms with van der Waals surface area (Å²) in [5.74, 6) is 0. The van der Waals surface area contributed by atoms with Gasteiger partial charge in [0.05, 0.1) is 11.2 Å². The van der Waals surface area contributed by atoms with Crippen LogP contribution in [0.4, 0.5) is 0 Å². The van der Waals surface area contributed by atoms with Crippen LogP contribution >= 0.6 is 11.6 Å². The van der Waals surface area contributed by atoms with Crippen LogP contribution in [-0.2, 0) is 6.54 Å². The molecule has 0 aliphatic heterocycles. The third kappa shape index (κ3) is 4.10. The van der Waals surface area contributed by atoms with Gasteiger partial charge in [0.25, 0.3) is 0 Å². The molecular weight excluding hydrogens is 250 g/mol. The highest BCUT2D eigenvalue weighted by molar-refractivity contribution is 6.30. The normalized spacial score (nSPS) is 16.9. The molecule has 0 radical (unpaired) electrons. The molecular formula is C13H20ClN3O. The number of aryl methyl sites for hydroxylation is 1. The summed E-state index contributed by atoms with van der Waals surface area (Å²) in [7, 11) is 0. The number of hydrogen-bond acceptors (Lipinski definition) is 3. The fraction of sp³-hybridized carbons (Fsp3) is 0.692. The van der Waals surface area contributed by atoms with Gasteiger partial charge in [-0.1, -0.05) is 30.9 Å². The Labute approximate surface area is 112 Å². The molecule has 1 aliphatic carbocycles. The van der Waals surface area contributed by atoms with Crippen molar-refractivity contribution in [2.24, 2.45) is 0 Å². The van der Waals surface area contributed by atoms with Gasteiger partial charge >= 0.3 is 5.69 Å². The van der Waals surface area contributed by atoms with Crippen LogP contribution in [0.3, 0.4) is 0 Å². The van der Waals surface area contributed by atoms with Crippen LogP contribution in [0.5, 0.6) is 0 Å². The minimum atomic E-state index is -0.225. The predicted octanol–water partition coefficient (Wildman–Crippen LogP) is 2.21. The van der Waals surface area contributed by atoms with E-state index in [-0.39, 0.29) is 5.69 Å². The van der Waals surface area contributed by atoms with E-state index < -0.39 is 0 Å². The smallest absolute Gasteiger partial charge is 0.314 e. The zero-order valence-electron chi connectivity index (χ0n) is 10.6. The average Bonchev–Trinajstić information content (AvgIpc) is 2.40. The first kappa shape index (κ1) is 13.6. The van der Waals surface area contributed by atoms with Gasteiger partial charge in [-0.3, -0.25) is 4.57 Å². The predicted molar refractivity (Wildman–Crippen MR) is 73.0 cm³/mol. The molecule has 1 N–H and O–H groups in total. The van der Waals surface area contributed by atoms with Crippen LogP contribution in [0, 0.1) is 0 Å². The highest BCUT2D eigenvalue weighted by Crippen LogP contribution is 2.17. The third-order valence-electron chi connectivity index (χ3n) is 3.44. The molecule has 0 atom stereocenters. The van der Waals surface area contributed by atoms with Crippen LogP contribution < -0.4 is 11.0 Å². The quantitative estimate of drug-likeness (QED) is 0.834. The Morgan fingerprint density at radius 3 is 2.94 bits per heavy atom. The highest BCUT2D eigenvalue weighted by Gasteiger charge is 2.11. The maximum atomic E-state index is 11.4. The molecule has 100 valence electrons. The minimum Gasteiger partial charge on any atom is -0.314 e. The lowest BCUT2D eigenvalue weighted by Crippen LogP contribution is -2.32. The Kier molecular flexibility index (Phi) is 5.20.